The molecule has 0 aliphatic rings. The van der Waals surface area contributed by atoms with E-state index in [0.717, 1.165) is 23.4 Å². The van der Waals surface area contributed by atoms with E-state index in [2.05, 4.69) is 11.4 Å². The van der Waals surface area contributed by atoms with Crippen LogP contribution in [0.3, 0.4) is 0 Å². The molecule has 0 fully saturated rings. The van der Waals surface area contributed by atoms with Crippen molar-refractivity contribution in [3.05, 3.63) is 59.7 Å². The highest BCUT2D eigenvalue weighted by atomic mass is 19.4. The van der Waals surface area contributed by atoms with Gasteiger partial charge in [-0.05, 0) is 42.8 Å². The maximum Gasteiger partial charge on any atom is 0.416 e. The van der Waals surface area contributed by atoms with Crippen molar-refractivity contribution in [2.24, 2.45) is 0 Å². The first-order chi connectivity index (χ1) is 8.47. The Kier molecular flexibility index (Phi) is 3.28. The number of aryl methyl sites for hydroxylation is 1. The summed E-state index contributed by atoms with van der Waals surface area (Å²) in [5.74, 6) is 0. The van der Waals surface area contributed by atoms with Crippen molar-refractivity contribution in [3.8, 4) is 0 Å². The van der Waals surface area contributed by atoms with Crippen LogP contribution in [0.5, 0.6) is 0 Å². The third kappa shape index (κ3) is 2.83. The number of alkyl halides is 3. The van der Waals surface area contributed by atoms with Gasteiger partial charge in [-0.2, -0.15) is 13.2 Å². The van der Waals surface area contributed by atoms with Gasteiger partial charge in [-0.15, -0.1) is 0 Å². The minimum Gasteiger partial charge on any atom is -0.355 e. The molecule has 0 saturated carbocycles. The Labute approximate surface area is 103 Å². The summed E-state index contributed by atoms with van der Waals surface area (Å²) < 4.78 is 37.7. The van der Waals surface area contributed by atoms with Gasteiger partial charge in [0, 0.05) is 11.4 Å². The molecule has 0 aliphatic heterocycles. The Morgan fingerprint density at radius 3 is 2.56 bits per heavy atom. The van der Waals surface area contributed by atoms with Crippen LogP contribution in [0.25, 0.3) is 0 Å². The van der Waals surface area contributed by atoms with Crippen molar-refractivity contribution in [2.45, 2.75) is 13.1 Å². The number of hydrogen-bond acceptors (Lipinski definition) is 1. The lowest BCUT2D eigenvalue weighted by molar-refractivity contribution is -0.137. The first-order valence-electron chi connectivity index (χ1n) is 5.38. The number of hydrogen-bond donors (Lipinski definition) is 1. The first-order valence-corrected chi connectivity index (χ1v) is 5.38. The Bertz CT molecular complexity index is 547. The molecule has 0 saturated heterocycles. The molecule has 0 aromatic heterocycles. The van der Waals surface area contributed by atoms with Gasteiger partial charge in [0.25, 0.3) is 0 Å². The number of benzene rings is 2. The van der Waals surface area contributed by atoms with Crippen LogP contribution in [0.2, 0.25) is 0 Å². The van der Waals surface area contributed by atoms with Gasteiger partial charge in [0.15, 0.2) is 0 Å². The second-order valence-electron chi connectivity index (χ2n) is 3.91. The lowest BCUT2D eigenvalue weighted by Crippen LogP contribution is -2.05. The van der Waals surface area contributed by atoms with Crippen LogP contribution in [-0.4, -0.2) is 0 Å². The molecule has 4 heteroatoms. The SMILES string of the molecule is Cc1[c]cccc1Nc1cccc(C(F)(F)F)c1. The van der Waals surface area contributed by atoms with Crippen LogP contribution in [0.15, 0.2) is 42.5 Å². The molecule has 2 aromatic carbocycles. The molecule has 0 amide bonds. The number of anilines is 2. The minimum atomic E-state index is -4.32. The summed E-state index contributed by atoms with van der Waals surface area (Å²) in [4.78, 5) is 0. The summed E-state index contributed by atoms with van der Waals surface area (Å²) in [6, 6.07) is 13.4. The predicted octanol–water partition coefficient (Wildman–Crippen LogP) is 4.56. The zero-order valence-corrected chi connectivity index (χ0v) is 9.68. The highest BCUT2D eigenvalue weighted by Gasteiger charge is 2.30. The predicted molar refractivity (Wildman–Crippen MR) is 64.7 cm³/mol. The van der Waals surface area contributed by atoms with Gasteiger partial charge >= 0.3 is 6.18 Å². The van der Waals surface area contributed by atoms with E-state index in [0.29, 0.717) is 5.69 Å². The van der Waals surface area contributed by atoms with Crippen molar-refractivity contribution >= 4 is 11.4 Å². The van der Waals surface area contributed by atoms with E-state index in [9.17, 15) is 13.2 Å². The highest BCUT2D eigenvalue weighted by Crippen LogP contribution is 2.31. The molecule has 1 N–H and O–H groups in total. The topological polar surface area (TPSA) is 12.0 Å². The molecule has 0 aliphatic carbocycles. The molecule has 0 spiro atoms. The first kappa shape index (κ1) is 12.5. The summed E-state index contributed by atoms with van der Waals surface area (Å²) in [6.07, 6.45) is -4.32. The molecule has 2 rings (SSSR count). The van der Waals surface area contributed by atoms with Crippen LogP contribution in [0.1, 0.15) is 11.1 Å². The van der Waals surface area contributed by atoms with Gasteiger partial charge in [-0.1, -0.05) is 18.2 Å². The largest absolute Gasteiger partial charge is 0.416 e. The van der Waals surface area contributed by atoms with Crippen molar-refractivity contribution < 1.29 is 13.2 Å². The summed E-state index contributed by atoms with van der Waals surface area (Å²) in [5.41, 5.74) is 1.35. The summed E-state index contributed by atoms with van der Waals surface area (Å²) in [6.45, 7) is 1.84. The summed E-state index contributed by atoms with van der Waals surface area (Å²) >= 11 is 0. The van der Waals surface area contributed by atoms with Crippen molar-refractivity contribution in [2.75, 3.05) is 5.32 Å². The van der Waals surface area contributed by atoms with E-state index >= 15 is 0 Å². The van der Waals surface area contributed by atoms with Gasteiger partial charge in [-0.25, -0.2) is 0 Å². The zero-order valence-electron chi connectivity index (χ0n) is 9.68. The number of rotatable bonds is 2. The third-order valence-corrected chi connectivity index (χ3v) is 2.53. The van der Waals surface area contributed by atoms with E-state index in [-0.39, 0.29) is 0 Å². The van der Waals surface area contributed by atoms with E-state index in [4.69, 9.17) is 0 Å². The molecule has 2 aromatic rings. The van der Waals surface area contributed by atoms with Gasteiger partial charge in [0.2, 0.25) is 0 Å². The molecule has 0 bridgehead atoms. The van der Waals surface area contributed by atoms with Crippen molar-refractivity contribution in [1.29, 1.82) is 0 Å². The minimum absolute atomic E-state index is 0.410. The monoisotopic (exact) mass is 250 g/mol. The fourth-order valence-corrected chi connectivity index (χ4v) is 1.58. The van der Waals surface area contributed by atoms with Gasteiger partial charge < -0.3 is 5.32 Å². The quantitative estimate of drug-likeness (QED) is 0.824. The van der Waals surface area contributed by atoms with Crippen LogP contribution >= 0.6 is 0 Å². The molecule has 18 heavy (non-hydrogen) atoms. The van der Waals surface area contributed by atoms with E-state index < -0.39 is 11.7 Å². The van der Waals surface area contributed by atoms with Gasteiger partial charge in [-0.3, -0.25) is 0 Å². The molecular formula is C14H11F3N. The molecule has 1 nitrogen and oxygen atoms in total. The lowest BCUT2D eigenvalue weighted by Gasteiger charge is -2.12. The smallest absolute Gasteiger partial charge is 0.355 e. The second-order valence-corrected chi connectivity index (χ2v) is 3.91. The maximum absolute atomic E-state index is 12.6. The average molecular weight is 250 g/mol. The van der Waals surface area contributed by atoms with E-state index in [1.54, 1.807) is 24.3 Å². The third-order valence-electron chi connectivity index (χ3n) is 2.53. The zero-order chi connectivity index (χ0) is 13.2. The average Bonchev–Trinajstić information content (AvgIpc) is 2.31. The second kappa shape index (κ2) is 4.72. The summed E-state index contributed by atoms with van der Waals surface area (Å²) in [5, 5.41) is 2.95. The van der Waals surface area contributed by atoms with Crippen LogP contribution in [-0.2, 0) is 6.18 Å². The molecule has 0 atom stereocenters. The van der Waals surface area contributed by atoms with Crippen molar-refractivity contribution in [3.63, 3.8) is 0 Å². The Morgan fingerprint density at radius 1 is 1.11 bits per heavy atom. The van der Waals surface area contributed by atoms with Crippen LogP contribution in [0.4, 0.5) is 24.5 Å². The van der Waals surface area contributed by atoms with Crippen LogP contribution in [0, 0.1) is 13.0 Å². The standard InChI is InChI=1S/C14H11F3N/c1-10-5-2-3-8-13(10)18-12-7-4-6-11(9-12)14(15,16)17/h2-4,6-9,18H,1H3. The summed E-state index contributed by atoms with van der Waals surface area (Å²) in [7, 11) is 0. The molecule has 0 heterocycles. The molecule has 0 unspecified atom stereocenters. The Balaban J connectivity index is 2.28. The molecule has 1 radical (unpaired) electrons. The van der Waals surface area contributed by atoms with E-state index in [1.807, 2.05) is 6.92 Å². The van der Waals surface area contributed by atoms with Crippen LogP contribution < -0.4 is 5.32 Å². The van der Waals surface area contributed by atoms with Gasteiger partial charge in [0.1, 0.15) is 0 Å². The van der Waals surface area contributed by atoms with Gasteiger partial charge in [0.05, 0.1) is 5.56 Å². The normalized spacial score (nSPS) is 11.3. The fraction of sp³-hybridized carbons (Fsp3) is 0.143. The van der Waals surface area contributed by atoms with E-state index in [1.165, 1.54) is 6.07 Å². The maximum atomic E-state index is 12.6. The molecule has 93 valence electrons. The fourth-order valence-electron chi connectivity index (χ4n) is 1.58. The number of halogens is 3. The Morgan fingerprint density at radius 2 is 1.89 bits per heavy atom. The number of nitrogens with one attached hydrogen (secondary N) is 1. The highest BCUT2D eigenvalue weighted by molar-refractivity contribution is 5.63. The lowest BCUT2D eigenvalue weighted by atomic mass is 10.1. The molecular weight excluding hydrogens is 239 g/mol. The Hall–Kier alpha value is -1.97. The van der Waals surface area contributed by atoms with Crippen molar-refractivity contribution in [1.82, 2.24) is 0 Å².